The van der Waals surface area contributed by atoms with Gasteiger partial charge in [0.2, 0.25) is 0 Å². The third-order valence-corrected chi connectivity index (χ3v) is 1.82. The lowest BCUT2D eigenvalue weighted by Gasteiger charge is -2.19. The fourth-order valence-electron chi connectivity index (χ4n) is 0.908. The van der Waals surface area contributed by atoms with Gasteiger partial charge in [-0.1, -0.05) is 37.3 Å². The predicted octanol–water partition coefficient (Wildman–Crippen LogP) is 1.15. The summed E-state index contributed by atoms with van der Waals surface area (Å²) < 4.78 is 0. The lowest BCUT2D eigenvalue weighted by molar-refractivity contribution is -0.140. The average Bonchev–Trinajstić information content (AvgIpc) is 2.06. The van der Waals surface area contributed by atoms with Crippen LogP contribution in [-0.4, -0.2) is 18.9 Å². The zero-order valence-corrected chi connectivity index (χ0v) is 6.82. The molecule has 1 unspecified atom stereocenters. The van der Waals surface area contributed by atoms with Crippen LogP contribution in [0.5, 0.6) is 0 Å². The van der Waals surface area contributed by atoms with Crippen molar-refractivity contribution in [2.45, 2.75) is 12.2 Å². The molecule has 1 aromatic carbocycles. The zero-order chi connectivity index (χ0) is 9.19. The number of benzene rings is 1. The Labute approximate surface area is 72.6 Å². The molecule has 1 atom stereocenters. The maximum atomic E-state index is 10.7. The maximum absolute atomic E-state index is 10.7. The molecule has 60 valence electrons. The van der Waals surface area contributed by atoms with E-state index in [0.717, 1.165) is 0 Å². The van der Waals surface area contributed by atoms with Gasteiger partial charge in [-0.15, -0.1) is 0 Å². The average molecular weight is 160 g/mol. The van der Waals surface area contributed by atoms with Gasteiger partial charge in [-0.25, -0.2) is 0 Å². The molecule has 2 radical (unpaired) electrons. The quantitative estimate of drug-likeness (QED) is 0.659. The number of aliphatic carboxylic acids is 1. The van der Waals surface area contributed by atoms with Crippen molar-refractivity contribution in [3.05, 3.63) is 35.9 Å². The van der Waals surface area contributed by atoms with E-state index in [9.17, 15) is 4.79 Å². The highest BCUT2D eigenvalue weighted by Gasteiger charge is 2.27. The van der Waals surface area contributed by atoms with Crippen molar-refractivity contribution in [3.8, 4) is 0 Å². The maximum Gasteiger partial charge on any atom is 0.304 e. The standard InChI is InChI=1S/C9H9BO2/c1-9(10,8(11)12)7-5-3-2-4-6-7/h2-6H,1H3,(H,11,12). The van der Waals surface area contributed by atoms with Gasteiger partial charge >= 0.3 is 5.97 Å². The Balaban J connectivity index is 3.06. The first-order valence-electron chi connectivity index (χ1n) is 3.63. The number of hydrogen-bond acceptors (Lipinski definition) is 1. The van der Waals surface area contributed by atoms with E-state index < -0.39 is 11.3 Å². The van der Waals surface area contributed by atoms with Gasteiger partial charge in [-0.05, 0) is 5.56 Å². The lowest BCUT2D eigenvalue weighted by Crippen LogP contribution is -2.32. The molecule has 1 rings (SSSR count). The molecule has 0 aliphatic rings. The fraction of sp³-hybridized carbons (Fsp3) is 0.222. The summed E-state index contributed by atoms with van der Waals surface area (Å²) in [4.78, 5) is 10.7. The van der Waals surface area contributed by atoms with Crippen molar-refractivity contribution in [1.29, 1.82) is 0 Å². The Kier molecular flexibility index (Phi) is 2.22. The Morgan fingerprint density at radius 1 is 1.42 bits per heavy atom. The number of rotatable bonds is 2. The zero-order valence-electron chi connectivity index (χ0n) is 6.82. The molecule has 12 heavy (non-hydrogen) atoms. The van der Waals surface area contributed by atoms with Gasteiger partial charge in [0, 0.05) is 0 Å². The second kappa shape index (κ2) is 3.01. The SMILES string of the molecule is [B]C(C)(C(=O)O)c1ccccc1. The molecule has 1 N–H and O–H groups in total. The molecule has 0 heterocycles. The summed E-state index contributed by atoms with van der Waals surface area (Å²) in [5.74, 6) is -1.02. The van der Waals surface area contributed by atoms with Gasteiger partial charge < -0.3 is 5.11 Å². The normalized spacial score (nSPS) is 15.1. The van der Waals surface area contributed by atoms with E-state index in [1.165, 1.54) is 6.92 Å². The molecular weight excluding hydrogens is 151 g/mol. The Hall–Kier alpha value is -1.25. The molecule has 0 bridgehead atoms. The Bertz CT molecular complexity index is 280. The number of carboxylic acids is 1. The first kappa shape index (κ1) is 8.85. The highest BCUT2D eigenvalue weighted by molar-refractivity contribution is 6.26. The summed E-state index contributed by atoms with van der Waals surface area (Å²) >= 11 is 0. The van der Waals surface area contributed by atoms with E-state index >= 15 is 0 Å². The number of carboxylic acid groups (broad SMARTS) is 1. The van der Waals surface area contributed by atoms with Crippen LogP contribution >= 0.6 is 0 Å². The van der Waals surface area contributed by atoms with Crippen LogP contribution in [-0.2, 0) is 10.1 Å². The third-order valence-electron chi connectivity index (χ3n) is 1.82. The van der Waals surface area contributed by atoms with Crippen molar-refractivity contribution in [1.82, 2.24) is 0 Å². The lowest BCUT2D eigenvalue weighted by atomic mass is 9.66. The van der Waals surface area contributed by atoms with E-state index in [1.807, 2.05) is 6.07 Å². The van der Waals surface area contributed by atoms with Gasteiger partial charge in [-0.3, -0.25) is 4.79 Å². The molecule has 0 fully saturated rings. The van der Waals surface area contributed by atoms with Crippen LogP contribution in [0.15, 0.2) is 30.3 Å². The first-order valence-corrected chi connectivity index (χ1v) is 3.63. The second-order valence-electron chi connectivity index (χ2n) is 2.87. The highest BCUT2D eigenvalue weighted by Crippen LogP contribution is 2.19. The summed E-state index contributed by atoms with van der Waals surface area (Å²) in [7, 11) is 5.58. The highest BCUT2D eigenvalue weighted by atomic mass is 16.4. The van der Waals surface area contributed by atoms with Gasteiger partial charge in [0.05, 0.1) is 13.2 Å². The van der Waals surface area contributed by atoms with Gasteiger partial charge in [-0.2, -0.15) is 0 Å². The summed E-state index contributed by atoms with van der Waals surface area (Å²) in [6, 6.07) is 8.76. The molecule has 0 saturated carbocycles. The summed E-state index contributed by atoms with van der Waals surface area (Å²) in [6.45, 7) is 1.48. The Morgan fingerprint density at radius 2 is 1.92 bits per heavy atom. The minimum atomic E-state index is -1.29. The van der Waals surface area contributed by atoms with Crippen LogP contribution in [0.1, 0.15) is 12.5 Å². The summed E-state index contributed by atoms with van der Waals surface area (Å²) in [6.07, 6.45) is 0. The van der Waals surface area contributed by atoms with Crippen molar-refractivity contribution in [3.63, 3.8) is 0 Å². The van der Waals surface area contributed by atoms with E-state index in [-0.39, 0.29) is 0 Å². The molecule has 0 spiro atoms. The van der Waals surface area contributed by atoms with Crippen LogP contribution in [0.25, 0.3) is 0 Å². The number of carbonyl (C=O) groups is 1. The van der Waals surface area contributed by atoms with Gasteiger partial charge in [0.15, 0.2) is 0 Å². The van der Waals surface area contributed by atoms with Gasteiger partial charge in [0.25, 0.3) is 0 Å². The largest absolute Gasteiger partial charge is 0.481 e. The smallest absolute Gasteiger partial charge is 0.304 e. The van der Waals surface area contributed by atoms with E-state index in [0.29, 0.717) is 5.56 Å². The van der Waals surface area contributed by atoms with Crippen LogP contribution < -0.4 is 0 Å². The summed E-state index contributed by atoms with van der Waals surface area (Å²) in [5.41, 5.74) is 0.609. The molecular formula is C9H9BO2. The number of hydrogen-bond donors (Lipinski definition) is 1. The molecule has 3 heteroatoms. The molecule has 0 aromatic heterocycles. The topological polar surface area (TPSA) is 37.3 Å². The van der Waals surface area contributed by atoms with Crippen LogP contribution in [0.2, 0.25) is 0 Å². The van der Waals surface area contributed by atoms with Crippen molar-refractivity contribution >= 4 is 13.8 Å². The van der Waals surface area contributed by atoms with Crippen molar-refractivity contribution < 1.29 is 9.90 Å². The minimum Gasteiger partial charge on any atom is -0.481 e. The summed E-state index contributed by atoms with van der Waals surface area (Å²) in [5, 5.41) is 7.48. The molecule has 1 aromatic rings. The van der Waals surface area contributed by atoms with E-state index in [4.69, 9.17) is 13.0 Å². The third kappa shape index (κ3) is 1.50. The molecule has 0 saturated heterocycles. The van der Waals surface area contributed by atoms with Crippen molar-refractivity contribution in [2.75, 3.05) is 0 Å². The predicted molar refractivity (Wildman–Crippen MR) is 47.2 cm³/mol. The molecule has 0 aliphatic heterocycles. The van der Waals surface area contributed by atoms with Gasteiger partial charge in [0.1, 0.15) is 0 Å². The van der Waals surface area contributed by atoms with Crippen LogP contribution in [0.4, 0.5) is 0 Å². The van der Waals surface area contributed by atoms with E-state index in [2.05, 4.69) is 0 Å². The molecule has 0 aliphatic carbocycles. The molecule has 2 nitrogen and oxygen atoms in total. The monoisotopic (exact) mass is 160 g/mol. The fourth-order valence-corrected chi connectivity index (χ4v) is 0.908. The minimum absolute atomic E-state index is 0.609. The van der Waals surface area contributed by atoms with Crippen LogP contribution in [0.3, 0.4) is 0 Å². The van der Waals surface area contributed by atoms with Crippen molar-refractivity contribution in [2.24, 2.45) is 0 Å². The Morgan fingerprint density at radius 3 is 2.33 bits per heavy atom. The first-order chi connectivity index (χ1) is 5.55. The second-order valence-corrected chi connectivity index (χ2v) is 2.87. The van der Waals surface area contributed by atoms with E-state index in [1.54, 1.807) is 24.3 Å². The molecule has 0 amide bonds. The van der Waals surface area contributed by atoms with Crippen LogP contribution in [0, 0.1) is 0 Å².